The number of fused-ring (bicyclic) bond motifs is 2. The predicted octanol–water partition coefficient (Wildman–Crippen LogP) is 3.76. The number of hydrogen-bond donors (Lipinski definition) is 1. The largest absolute Gasteiger partial charge is 0.378 e. The van der Waals surface area contributed by atoms with Gasteiger partial charge in [-0.15, -0.1) is 0 Å². The van der Waals surface area contributed by atoms with Crippen LogP contribution >= 0.6 is 0 Å². The monoisotopic (exact) mass is 425 g/mol. The Hall–Kier alpha value is -3.78. The first-order valence-electron chi connectivity index (χ1n) is 10.9. The number of imidazole rings is 1. The van der Waals surface area contributed by atoms with Gasteiger partial charge in [0.1, 0.15) is 23.5 Å². The minimum absolute atomic E-state index is 0.712. The molecule has 8 heteroatoms. The lowest BCUT2D eigenvalue weighted by Crippen LogP contribution is -2.36. The first-order chi connectivity index (χ1) is 15.8. The zero-order chi connectivity index (χ0) is 21.5. The van der Waals surface area contributed by atoms with E-state index in [9.17, 15) is 0 Å². The van der Waals surface area contributed by atoms with Crippen LogP contribution in [0, 0.1) is 0 Å². The van der Waals surface area contributed by atoms with E-state index in [1.807, 2.05) is 18.2 Å². The molecule has 4 heterocycles. The lowest BCUT2D eigenvalue weighted by Gasteiger charge is -2.29. The van der Waals surface area contributed by atoms with E-state index in [2.05, 4.69) is 61.9 Å². The Kier molecular flexibility index (Phi) is 4.57. The summed E-state index contributed by atoms with van der Waals surface area (Å²) >= 11 is 0. The van der Waals surface area contributed by atoms with Crippen molar-refractivity contribution in [1.82, 2.24) is 29.7 Å². The van der Waals surface area contributed by atoms with Gasteiger partial charge in [-0.25, -0.2) is 15.0 Å². The fourth-order valence-corrected chi connectivity index (χ4v) is 4.40. The van der Waals surface area contributed by atoms with E-state index in [1.54, 1.807) is 0 Å². The second-order valence-corrected chi connectivity index (χ2v) is 7.87. The number of ether oxygens (including phenoxy) is 1. The number of hydrogen-bond acceptors (Lipinski definition) is 6. The highest BCUT2D eigenvalue weighted by molar-refractivity contribution is 5.95. The lowest BCUT2D eigenvalue weighted by molar-refractivity contribution is 0.122. The van der Waals surface area contributed by atoms with Crippen LogP contribution in [0.1, 0.15) is 12.7 Å². The van der Waals surface area contributed by atoms with Crippen LogP contribution in [0.4, 0.5) is 5.69 Å². The number of aromatic nitrogens is 6. The van der Waals surface area contributed by atoms with Crippen molar-refractivity contribution in [3.8, 4) is 17.2 Å². The van der Waals surface area contributed by atoms with Crippen molar-refractivity contribution in [2.75, 3.05) is 31.2 Å². The van der Waals surface area contributed by atoms with Gasteiger partial charge in [0, 0.05) is 36.1 Å². The number of benzene rings is 2. The molecule has 6 rings (SSSR count). The second kappa shape index (κ2) is 7.72. The standard InChI is InChI=1S/C24H23N7O/c1-2-21-28-23-18(24-25-15-26-29-24)13-17(30-9-11-32-12-10-30)14-20(23)31(21)22-8-7-16-5-3-4-6-19(16)27-22/h3-8,13-15H,2,9-12H2,1H3,(H,25,26,29). The first kappa shape index (κ1) is 18.9. The topological polar surface area (TPSA) is 84.8 Å². The van der Waals surface area contributed by atoms with Crippen molar-refractivity contribution in [1.29, 1.82) is 0 Å². The third-order valence-corrected chi connectivity index (χ3v) is 5.99. The molecule has 1 aliphatic rings. The van der Waals surface area contributed by atoms with Crippen LogP contribution in [0.15, 0.2) is 54.9 Å². The molecule has 0 bridgehead atoms. The third kappa shape index (κ3) is 3.11. The number of aryl methyl sites for hydroxylation is 1. The number of nitrogens with zero attached hydrogens (tertiary/aromatic N) is 6. The molecular weight excluding hydrogens is 402 g/mol. The van der Waals surface area contributed by atoms with Crippen molar-refractivity contribution in [3.63, 3.8) is 0 Å². The van der Waals surface area contributed by atoms with Crippen LogP contribution in [0.25, 0.3) is 39.1 Å². The summed E-state index contributed by atoms with van der Waals surface area (Å²) in [5.74, 6) is 2.54. The smallest absolute Gasteiger partial charge is 0.157 e. The van der Waals surface area contributed by atoms with Crippen LogP contribution in [-0.2, 0) is 11.2 Å². The number of para-hydroxylation sites is 1. The van der Waals surface area contributed by atoms with Crippen LogP contribution in [-0.4, -0.2) is 56.0 Å². The summed E-state index contributed by atoms with van der Waals surface area (Å²) in [6.07, 6.45) is 2.32. The fourth-order valence-electron chi connectivity index (χ4n) is 4.40. The fraction of sp³-hybridized carbons (Fsp3) is 0.250. The van der Waals surface area contributed by atoms with Crippen molar-refractivity contribution >= 4 is 27.6 Å². The molecule has 0 amide bonds. The Labute approximate surface area is 184 Å². The normalized spacial score (nSPS) is 14.5. The van der Waals surface area contributed by atoms with Gasteiger partial charge in [-0.1, -0.05) is 25.1 Å². The summed E-state index contributed by atoms with van der Waals surface area (Å²) in [6.45, 7) is 5.27. The Morgan fingerprint density at radius 1 is 1.03 bits per heavy atom. The minimum Gasteiger partial charge on any atom is -0.378 e. The minimum atomic E-state index is 0.712. The van der Waals surface area contributed by atoms with Crippen molar-refractivity contribution in [2.45, 2.75) is 13.3 Å². The predicted molar refractivity (Wildman–Crippen MR) is 124 cm³/mol. The van der Waals surface area contributed by atoms with Gasteiger partial charge in [-0.05, 0) is 30.3 Å². The molecule has 0 radical (unpaired) electrons. The summed E-state index contributed by atoms with van der Waals surface area (Å²) in [5.41, 5.74) is 4.94. The first-order valence-corrected chi connectivity index (χ1v) is 10.9. The van der Waals surface area contributed by atoms with E-state index in [1.165, 1.54) is 6.33 Å². The van der Waals surface area contributed by atoms with Crippen LogP contribution < -0.4 is 4.90 Å². The van der Waals surface area contributed by atoms with Crippen molar-refractivity contribution in [2.24, 2.45) is 0 Å². The van der Waals surface area contributed by atoms with Gasteiger partial charge in [0.05, 0.1) is 24.2 Å². The maximum Gasteiger partial charge on any atom is 0.157 e. The van der Waals surface area contributed by atoms with Gasteiger partial charge >= 0.3 is 0 Å². The Morgan fingerprint density at radius 3 is 2.72 bits per heavy atom. The van der Waals surface area contributed by atoms with E-state index in [4.69, 9.17) is 14.7 Å². The van der Waals surface area contributed by atoms with Crippen molar-refractivity contribution in [3.05, 3.63) is 60.7 Å². The summed E-state index contributed by atoms with van der Waals surface area (Å²) in [5, 5.41) is 8.21. The zero-order valence-corrected chi connectivity index (χ0v) is 17.8. The number of rotatable bonds is 4. The van der Waals surface area contributed by atoms with Gasteiger partial charge in [-0.3, -0.25) is 9.67 Å². The molecule has 0 atom stereocenters. The van der Waals surface area contributed by atoms with Gasteiger partial charge in [-0.2, -0.15) is 5.10 Å². The second-order valence-electron chi connectivity index (χ2n) is 7.87. The molecule has 32 heavy (non-hydrogen) atoms. The highest BCUT2D eigenvalue weighted by atomic mass is 16.5. The molecule has 1 fully saturated rings. The summed E-state index contributed by atoms with van der Waals surface area (Å²) < 4.78 is 7.74. The van der Waals surface area contributed by atoms with Gasteiger partial charge < -0.3 is 9.64 Å². The number of H-pyrrole nitrogens is 1. The van der Waals surface area contributed by atoms with E-state index in [-0.39, 0.29) is 0 Å². The molecule has 8 nitrogen and oxygen atoms in total. The van der Waals surface area contributed by atoms with E-state index in [0.29, 0.717) is 5.82 Å². The van der Waals surface area contributed by atoms with Gasteiger partial charge in [0.15, 0.2) is 5.82 Å². The number of nitrogens with one attached hydrogen (secondary N) is 1. The molecule has 0 unspecified atom stereocenters. The molecule has 1 N–H and O–H groups in total. The maximum atomic E-state index is 5.57. The number of morpholine rings is 1. The summed E-state index contributed by atoms with van der Waals surface area (Å²) in [4.78, 5) is 16.8. The molecule has 2 aromatic carbocycles. The molecular formula is C24H23N7O. The molecule has 160 valence electrons. The SMILES string of the molecule is CCc1nc2c(-c3ncn[nH]3)cc(N3CCOCC3)cc2n1-c1ccc2ccccc2n1. The Balaban J connectivity index is 1.62. The lowest BCUT2D eigenvalue weighted by atomic mass is 10.1. The molecule has 0 spiro atoms. The number of anilines is 1. The van der Waals surface area contributed by atoms with E-state index < -0.39 is 0 Å². The molecule has 0 aliphatic carbocycles. The molecule has 0 saturated carbocycles. The molecule has 5 aromatic rings. The van der Waals surface area contributed by atoms with Crippen LogP contribution in [0.3, 0.4) is 0 Å². The molecule has 1 saturated heterocycles. The molecule has 3 aromatic heterocycles. The van der Waals surface area contributed by atoms with Crippen molar-refractivity contribution < 1.29 is 4.74 Å². The average molecular weight is 425 g/mol. The third-order valence-electron chi connectivity index (χ3n) is 5.99. The summed E-state index contributed by atoms with van der Waals surface area (Å²) in [6, 6.07) is 16.7. The Bertz CT molecular complexity index is 1400. The average Bonchev–Trinajstić information content (AvgIpc) is 3.52. The summed E-state index contributed by atoms with van der Waals surface area (Å²) in [7, 11) is 0. The van der Waals surface area contributed by atoms with E-state index >= 15 is 0 Å². The quantitative estimate of drug-likeness (QED) is 0.472. The van der Waals surface area contributed by atoms with Gasteiger partial charge in [0.2, 0.25) is 0 Å². The number of aromatic amines is 1. The number of pyridine rings is 1. The van der Waals surface area contributed by atoms with Crippen LogP contribution in [0.5, 0.6) is 0 Å². The van der Waals surface area contributed by atoms with Crippen LogP contribution in [0.2, 0.25) is 0 Å². The van der Waals surface area contributed by atoms with E-state index in [0.717, 1.165) is 77.6 Å². The Morgan fingerprint density at radius 2 is 1.91 bits per heavy atom. The van der Waals surface area contributed by atoms with Gasteiger partial charge in [0.25, 0.3) is 0 Å². The maximum absolute atomic E-state index is 5.57. The molecule has 1 aliphatic heterocycles. The zero-order valence-electron chi connectivity index (χ0n) is 17.8. The highest BCUT2D eigenvalue weighted by Gasteiger charge is 2.21. The highest BCUT2D eigenvalue weighted by Crippen LogP contribution is 2.34.